The molecule has 0 spiro atoms. The van der Waals surface area contributed by atoms with Crippen molar-refractivity contribution in [2.75, 3.05) is 19.8 Å². The van der Waals surface area contributed by atoms with Crippen molar-refractivity contribution >= 4 is 59.4 Å². The van der Waals surface area contributed by atoms with E-state index in [9.17, 15) is 14.9 Å². The van der Waals surface area contributed by atoms with Crippen molar-refractivity contribution in [1.29, 1.82) is 0 Å². The van der Waals surface area contributed by atoms with E-state index in [0.29, 0.717) is 33.7 Å². The molecule has 240 valence electrons. The molecule has 3 N–H and O–H groups in total. The summed E-state index contributed by atoms with van der Waals surface area (Å²) >= 11 is 10.8. The molecule has 0 radical (unpaired) electrons. The van der Waals surface area contributed by atoms with Crippen molar-refractivity contribution in [2.24, 2.45) is 0 Å². The third-order valence-corrected chi connectivity index (χ3v) is 11.4. The Kier molecular flexibility index (Phi) is 7.26. The van der Waals surface area contributed by atoms with Gasteiger partial charge >= 0.3 is 13.4 Å². The highest BCUT2D eigenvalue weighted by Crippen LogP contribution is 2.58. The minimum absolute atomic E-state index is 0.0510. The standard InChI is InChI=1S/C23H26N8O10P2S2/c1-10-13-19(26-6-24-10)30(8-28-13)21-16-15(32)12(38-21)3-36-42(33,44)41-18-17-22(31-9-29-14-11(2)25-7-27-20(14)31)39-23(18,4-35-17)5-37-43(34,45)40-16/h6-9,12,15-18,21-22,32H,3-5H2,1-2H3,(H,33,44)(H,34,45)/t12-,15-,16-,17-,18+,21-,22-,23-,42?,43?/m1/s1. The third-order valence-electron chi connectivity index (χ3n) is 8.29. The smallest absolute Gasteiger partial charge is 0.325 e. The summed E-state index contributed by atoms with van der Waals surface area (Å²) in [5.74, 6) is 0. The summed E-state index contributed by atoms with van der Waals surface area (Å²) in [6, 6.07) is 0. The first-order valence-electron chi connectivity index (χ1n) is 13.7. The van der Waals surface area contributed by atoms with Gasteiger partial charge in [0.25, 0.3) is 0 Å². The lowest BCUT2D eigenvalue weighted by Crippen LogP contribution is -2.45. The summed E-state index contributed by atoms with van der Waals surface area (Å²) in [4.78, 5) is 48.3. The Morgan fingerprint density at radius 2 is 1.44 bits per heavy atom. The van der Waals surface area contributed by atoms with Crippen molar-refractivity contribution in [3.05, 3.63) is 36.7 Å². The number of rotatable bonds is 2. The molecule has 8 heterocycles. The molecule has 45 heavy (non-hydrogen) atoms. The van der Waals surface area contributed by atoms with Gasteiger partial charge in [-0.3, -0.25) is 18.2 Å². The second-order valence-electron chi connectivity index (χ2n) is 11.1. The number of aromatic nitrogens is 8. The number of ether oxygens (including phenoxy) is 3. The van der Waals surface area contributed by atoms with Crippen molar-refractivity contribution < 1.29 is 47.2 Å². The highest BCUT2D eigenvalue weighted by Gasteiger charge is 2.65. The number of aliphatic hydroxyl groups is 1. The van der Waals surface area contributed by atoms with Gasteiger partial charge in [0.15, 0.2) is 23.8 Å². The SMILES string of the molecule is Cc1ncnc2c1ncn2[C@@H]1O[C@@H]2COP(O)(=S)O[C@H]3[C@H]4OC[C@]3(COP(O)(=S)O[C@@H]1[C@@H]2O)O[C@H]4n1cnc2c(C)ncnc21. The molecule has 4 bridgehead atoms. The van der Waals surface area contributed by atoms with Crippen LogP contribution in [-0.2, 0) is 55.9 Å². The van der Waals surface area contributed by atoms with E-state index >= 15 is 0 Å². The normalized spacial score (nSPS) is 40.3. The van der Waals surface area contributed by atoms with Crippen LogP contribution >= 0.6 is 13.4 Å². The molecule has 4 fully saturated rings. The summed E-state index contributed by atoms with van der Waals surface area (Å²) in [7, 11) is 0. The van der Waals surface area contributed by atoms with Crippen molar-refractivity contribution in [3.8, 4) is 0 Å². The molecule has 0 amide bonds. The quantitative estimate of drug-likeness (QED) is 0.242. The van der Waals surface area contributed by atoms with E-state index in [0.717, 1.165) is 0 Å². The lowest BCUT2D eigenvalue weighted by molar-refractivity contribution is -0.183. The van der Waals surface area contributed by atoms with Crippen LogP contribution in [0.4, 0.5) is 0 Å². The Morgan fingerprint density at radius 3 is 2.11 bits per heavy atom. The first-order valence-corrected chi connectivity index (χ1v) is 18.9. The molecule has 2 unspecified atom stereocenters. The van der Waals surface area contributed by atoms with Gasteiger partial charge in [0.1, 0.15) is 59.8 Å². The van der Waals surface area contributed by atoms with Crippen LogP contribution in [-0.4, -0.2) is 110 Å². The molecule has 4 saturated heterocycles. The van der Waals surface area contributed by atoms with E-state index in [2.05, 4.69) is 29.9 Å². The maximum atomic E-state index is 11.3. The van der Waals surface area contributed by atoms with Gasteiger partial charge in [0.2, 0.25) is 0 Å². The lowest BCUT2D eigenvalue weighted by Gasteiger charge is -2.33. The van der Waals surface area contributed by atoms with Gasteiger partial charge in [-0.1, -0.05) is 0 Å². The monoisotopic (exact) mass is 700 g/mol. The van der Waals surface area contributed by atoms with Crippen LogP contribution in [0.1, 0.15) is 23.8 Å². The minimum atomic E-state index is -4.11. The van der Waals surface area contributed by atoms with E-state index in [4.69, 9.17) is 55.9 Å². The highest BCUT2D eigenvalue weighted by molar-refractivity contribution is 8.07. The molecule has 4 aromatic heterocycles. The van der Waals surface area contributed by atoms with Gasteiger partial charge in [-0.05, 0) is 37.5 Å². The fourth-order valence-electron chi connectivity index (χ4n) is 6.10. The van der Waals surface area contributed by atoms with E-state index in [-0.39, 0.29) is 19.8 Å². The lowest BCUT2D eigenvalue weighted by atomic mass is 10.0. The summed E-state index contributed by atoms with van der Waals surface area (Å²) in [5, 5.41) is 11.3. The van der Waals surface area contributed by atoms with Gasteiger partial charge in [-0.15, -0.1) is 0 Å². The Bertz CT molecular complexity index is 1920. The Morgan fingerprint density at radius 1 is 0.822 bits per heavy atom. The number of hydrogen-bond acceptors (Lipinski definition) is 16. The van der Waals surface area contributed by atoms with Gasteiger partial charge in [-0.25, -0.2) is 29.9 Å². The topological polar surface area (TPSA) is 212 Å². The van der Waals surface area contributed by atoms with E-state index in [1.54, 1.807) is 24.7 Å². The molecule has 10 atom stereocenters. The molecule has 0 aromatic carbocycles. The summed E-state index contributed by atoms with van der Waals surface area (Å²) in [6.07, 6.45) is -1.74. The Hall–Kier alpha value is -2.00. The number of aryl methyl sites for hydroxylation is 2. The van der Waals surface area contributed by atoms with Crippen molar-refractivity contribution in [3.63, 3.8) is 0 Å². The van der Waals surface area contributed by atoms with Crippen LogP contribution in [0, 0.1) is 13.8 Å². The Labute approximate surface area is 264 Å². The number of aliphatic hydroxyl groups excluding tert-OH is 1. The van der Waals surface area contributed by atoms with Crippen LogP contribution < -0.4 is 0 Å². The number of imidazole rings is 2. The second-order valence-corrected chi connectivity index (χ2v) is 16.7. The summed E-state index contributed by atoms with van der Waals surface area (Å²) < 4.78 is 45.4. The average Bonchev–Trinajstić information content (AvgIpc) is 3.80. The zero-order valence-electron chi connectivity index (χ0n) is 23.5. The number of hydrogen-bond donors (Lipinski definition) is 3. The van der Waals surface area contributed by atoms with Crippen LogP contribution in [0.5, 0.6) is 0 Å². The first kappa shape index (κ1) is 30.3. The molecule has 22 heteroatoms. The third kappa shape index (κ3) is 4.99. The molecular weight excluding hydrogens is 674 g/mol. The van der Waals surface area contributed by atoms with E-state index in [1.165, 1.54) is 23.5 Å². The maximum absolute atomic E-state index is 11.3. The number of nitrogens with zero attached hydrogens (tertiary/aromatic N) is 8. The largest absolute Gasteiger partial charge is 0.387 e. The minimum Gasteiger partial charge on any atom is -0.387 e. The maximum Gasteiger partial charge on any atom is 0.325 e. The predicted octanol–water partition coefficient (Wildman–Crippen LogP) is 0.459. The molecule has 4 aliphatic rings. The predicted molar refractivity (Wildman–Crippen MR) is 157 cm³/mol. The molecule has 8 rings (SSSR count). The molecule has 18 nitrogen and oxygen atoms in total. The zero-order valence-corrected chi connectivity index (χ0v) is 26.9. The van der Waals surface area contributed by atoms with Gasteiger partial charge in [0.05, 0.1) is 43.9 Å². The molecular formula is C23H26N8O10P2S2. The van der Waals surface area contributed by atoms with Gasteiger partial charge < -0.3 is 38.2 Å². The van der Waals surface area contributed by atoms with E-state index < -0.39 is 62.0 Å². The summed E-state index contributed by atoms with van der Waals surface area (Å²) in [6.45, 7) is -5.38. The molecule has 4 aromatic rings. The molecule has 0 aliphatic carbocycles. The fraction of sp³-hybridized carbons (Fsp3) is 0.565. The van der Waals surface area contributed by atoms with Crippen molar-refractivity contribution in [1.82, 2.24) is 39.0 Å². The molecule has 0 saturated carbocycles. The van der Waals surface area contributed by atoms with Gasteiger partial charge in [-0.2, -0.15) is 0 Å². The number of fused-ring (bicyclic) bond motifs is 4. The molecule has 4 aliphatic heterocycles. The zero-order chi connectivity index (χ0) is 31.3. The van der Waals surface area contributed by atoms with Crippen molar-refractivity contribution in [2.45, 2.75) is 62.4 Å². The van der Waals surface area contributed by atoms with Gasteiger partial charge in [0, 0.05) is 0 Å². The van der Waals surface area contributed by atoms with Crippen LogP contribution in [0.3, 0.4) is 0 Å². The highest BCUT2D eigenvalue weighted by atomic mass is 32.5. The van der Waals surface area contributed by atoms with Crippen LogP contribution in [0.15, 0.2) is 25.3 Å². The van der Waals surface area contributed by atoms with E-state index in [1.807, 2.05) is 0 Å². The summed E-state index contributed by atoms with van der Waals surface area (Å²) in [5.41, 5.74) is 1.85. The average molecular weight is 701 g/mol. The Balaban J connectivity index is 1.14. The fourth-order valence-corrected chi connectivity index (χ4v) is 8.99. The van der Waals surface area contributed by atoms with Crippen LogP contribution in [0.2, 0.25) is 0 Å². The first-order chi connectivity index (χ1) is 21.5. The van der Waals surface area contributed by atoms with Crippen LogP contribution in [0.25, 0.3) is 22.3 Å². The second kappa shape index (κ2) is 10.8.